The SMILES string of the molecule is CC1(C)C[C@H](NC(=O)c2ccc(C#N)cc2)[C@]2(CCC(=O)NC3CC3)CC[C@@](C)(O)C[C@@H]12. The van der Waals surface area contributed by atoms with E-state index >= 15 is 0 Å². The maximum atomic E-state index is 13.1. The number of hydrogen-bond donors (Lipinski definition) is 3. The van der Waals surface area contributed by atoms with Gasteiger partial charge in [0.2, 0.25) is 5.91 Å². The van der Waals surface area contributed by atoms with Gasteiger partial charge in [0.05, 0.1) is 17.2 Å². The van der Waals surface area contributed by atoms with Crippen molar-refractivity contribution in [3.63, 3.8) is 0 Å². The topological polar surface area (TPSA) is 102 Å². The van der Waals surface area contributed by atoms with Crippen LogP contribution in [-0.4, -0.2) is 34.6 Å². The number of carbonyl (C=O) groups excluding carboxylic acids is 2. The Hall–Kier alpha value is -2.39. The molecular weight excluding hydrogens is 402 g/mol. The van der Waals surface area contributed by atoms with Crippen molar-refractivity contribution in [1.82, 2.24) is 10.6 Å². The fourth-order valence-corrected chi connectivity index (χ4v) is 6.24. The van der Waals surface area contributed by atoms with E-state index in [-0.39, 0.29) is 34.6 Å². The first-order valence-electron chi connectivity index (χ1n) is 11.9. The monoisotopic (exact) mass is 437 g/mol. The summed E-state index contributed by atoms with van der Waals surface area (Å²) in [5.41, 5.74) is 0.0776. The smallest absolute Gasteiger partial charge is 0.251 e. The summed E-state index contributed by atoms with van der Waals surface area (Å²) >= 11 is 0. The zero-order valence-electron chi connectivity index (χ0n) is 19.4. The lowest BCUT2D eigenvalue weighted by atomic mass is 9.57. The molecule has 0 radical (unpaired) electrons. The van der Waals surface area contributed by atoms with Gasteiger partial charge in [0, 0.05) is 24.1 Å². The van der Waals surface area contributed by atoms with Gasteiger partial charge in [-0.15, -0.1) is 0 Å². The fourth-order valence-electron chi connectivity index (χ4n) is 6.24. The van der Waals surface area contributed by atoms with Crippen LogP contribution in [0, 0.1) is 28.1 Å². The lowest BCUT2D eigenvalue weighted by molar-refractivity contribution is -0.123. The normalized spacial score (nSPS) is 33.1. The van der Waals surface area contributed by atoms with Crippen LogP contribution in [0.25, 0.3) is 0 Å². The average molecular weight is 438 g/mol. The molecule has 3 aliphatic carbocycles. The predicted octanol–water partition coefficient (Wildman–Crippen LogP) is 3.68. The summed E-state index contributed by atoms with van der Waals surface area (Å²) in [7, 11) is 0. The van der Waals surface area contributed by atoms with E-state index in [0.29, 0.717) is 42.9 Å². The first kappa shape index (κ1) is 22.8. The Bertz CT molecular complexity index is 927. The molecule has 4 rings (SSSR count). The standard InChI is InChI=1S/C26H35N3O3/c1-24(2)15-21(29-23(31)18-6-4-17(16-27)5-7-18)26(11-10-22(30)28-19-8-9-19)13-12-25(3,32)14-20(24)26/h4-7,19-21,32H,8-15H2,1-3H3,(H,28,30)(H,29,31)/t20-,21-,25+,26+/m0/s1. The van der Waals surface area contributed by atoms with Gasteiger partial charge >= 0.3 is 0 Å². The Morgan fingerprint density at radius 2 is 1.78 bits per heavy atom. The van der Waals surface area contributed by atoms with E-state index < -0.39 is 5.60 Å². The number of nitrogens with one attached hydrogen (secondary N) is 2. The van der Waals surface area contributed by atoms with Crippen LogP contribution in [0.3, 0.4) is 0 Å². The number of nitriles is 1. The highest BCUT2D eigenvalue weighted by atomic mass is 16.3. The van der Waals surface area contributed by atoms with Gasteiger partial charge in [-0.1, -0.05) is 13.8 Å². The largest absolute Gasteiger partial charge is 0.390 e. The summed E-state index contributed by atoms with van der Waals surface area (Å²) in [4.78, 5) is 25.7. The molecule has 1 aromatic carbocycles. The summed E-state index contributed by atoms with van der Waals surface area (Å²) < 4.78 is 0. The highest BCUT2D eigenvalue weighted by molar-refractivity contribution is 5.94. The Morgan fingerprint density at radius 3 is 2.41 bits per heavy atom. The lowest BCUT2D eigenvalue weighted by Gasteiger charge is -2.50. The molecule has 0 aromatic heterocycles. The number of fused-ring (bicyclic) bond motifs is 1. The quantitative estimate of drug-likeness (QED) is 0.632. The minimum Gasteiger partial charge on any atom is -0.390 e. The molecule has 3 saturated carbocycles. The third kappa shape index (κ3) is 4.54. The number of amides is 2. The van der Waals surface area contributed by atoms with E-state index in [1.165, 1.54) is 0 Å². The van der Waals surface area contributed by atoms with Crippen LogP contribution in [-0.2, 0) is 4.79 Å². The van der Waals surface area contributed by atoms with E-state index in [1.54, 1.807) is 24.3 Å². The minimum absolute atomic E-state index is 0.0556. The van der Waals surface area contributed by atoms with E-state index in [4.69, 9.17) is 5.26 Å². The van der Waals surface area contributed by atoms with Gasteiger partial charge in [0.15, 0.2) is 0 Å². The van der Waals surface area contributed by atoms with Crippen molar-refractivity contribution in [3.8, 4) is 6.07 Å². The molecule has 0 aliphatic heterocycles. The van der Waals surface area contributed by atoms with E-state index in [2.05, 4.69) is 30.6 Å². The van der Waals surface area contributed by atoms with Crippen LogP contribution in [0.15, 0.2) is 24.3 Å². The van der Waals surface area contributed by atoms with Gasteiger partial charge in [0.25, 0.3) is 5.91 Å². The second-order valence-corrected chi connectivity index (χ2v) is 11.2. The van der Waals surface area contributed by atoms with Crippen molar-refractivity contribution in [3.05, 3.63) is 35.4 Å². The molecule has 0 heterocycles. The molecule has 3 N–H and O–H groups in total. The Morgan fingerprint density at radius 1 is 1.09 bits per heavy atom. The summed E-state index contributed by atoms with van der Waals surface area (Å²) in [6.07, 6.45) is 6.28. The number of hydrogen-bond acceptors (Lipinski definition) is 4. The first-order valence-corrected chi connectivity index (χ1v) is 11.9. The van der Waals surface area contributed by atoms with Gasteiger partial charge in [-0.05, 0) is 92.9 Å². The molecule has 32 heavy (non-hydrogen) atoms. The molecule has 6 heteroatoms. The molecule has 6 nitrogen and oxygen atoms in total. The van der Waals surface area contributed by atoms with E-state index in [0.717, 1.165) is 25.7 Å². The fraction of sp³-hybridized carbons (Fsp3) is 0.654. The number of nitrogens with zero attached hydrogens (tertiary/aromatic N) is 1. The Balaban J connectivity index is 1.57. The van der Waals surface area contributed by atoms with Crippen LogP contribution >= 0.6 is 0 Å². The van der Waals surface area contributed by atoms with E-state index in [9.17, 15) is 14.7 Å². The summed E-state index contributed by atoms with van der Waals surface area (Å²) in [5.74, 6) is 0.175. The third-order valence-electron chi connectivity index (χ3n) is 8.18. The van der Waals surface area contributed by atoms with Gasteiger partial charge in [-0.2, -0.15) is 5.26 Å². The van der Waals surface area contributed by atoms with Crippen molar-refractivity contribution >= 4 is 11.8 Å². The molecule has 0 bridgehead atoms. The second kappa shape index (κ2) is 8.19. The molecule has 3 fully saturated rings. The summed E-state index contributed by atoms with van der Waals surface area (Å²) in [6.45, 7) is 6.37. The molecule has 3 aliphatic rings. The van der Waals surface area contributed by atoms with Crippen molar-refractivity contribution in [2.45, 2.75) is 89.8 Å². The van der Waals surface area contributed by atoms with Crippen molar-refractivity contribution < 1.29 is 14.7 Å². The van der Waals surface area contributed by atoms with Crippen molar-refractivity contribution in [1.29, 1.82) is 5.26 Å². The van der Waals surface area contributed by atoms with Crippen LogP contribution < -0.4 is 10.6 Å². The molecular formula is C26H35N3O3. The van der Waals surface area contributed by atoms with Gasteiger partial charge in [-0.25, -0.2) is 0 Å². The zero-order chi connectivity index (χ0) is 23.1. The van der Waals surface area contributed by atoms with Crippen LogP contribution in [0.4, 0.5) is 0 Å². The van der Waals surface area contributed by atoms with Gasteiger partial charge < -0.3 is 15.7 Å². The Kier molecular flexibility index (Phi) is 5.83. The van der Waals surface area contributed by atoms with E-state index in [1.807, 2.05) is 6.92 Å². The number of rotatable bonds is 6. The minimum atomic E-state index is -0.715. The number of aliphatic hydroxyl groups is 1. The highest BCUT2D eigenvalue weighted by Gasteiger charge is 2.61. The maximum Gasteiger partial charge on any atom is 0.251 e. The first-order chi connectivity index (χ1) is 15.0. The average Bonchev–Trinajstić information content (AvgIpc) is 3.52. The predicted molar refractivity (Wildman–Crippen MR) is 122 cm³/mol. The molecule has 2 amide bonds. The van der Waals surface area contributed by atoms with Crippen molar-refractivity contribution in [2.24, 2.45) is 16.7 Å². The summed E-state index contributed by atoms with van der Waals surface area (Å²) in [5, 5.41) is 26.3. The van der Waals surface area contributed by atoms with Gasteiger partial charge in [0.1, 0.15) is 0 Å². The number of carbonyl (C=O) groups is 2. The molecule has 0 unspecified atom stereocenters. The third-order valence-corrected chi connectivity index (χ3v) is 8.18. The highest BCUT2D eigenvalue weighted by Crippen LogP contribution is 2.63. The van der Waals surface area contributed by atoms with Crippen LogP contribution in [0.5, 0.6) is 0 Å². The van der Waals surface area contributed by atoms with Gasteiger partial charge in [-0.3, -0.25) is 9.59 Å². The lowest BCUT2D eigenvalue weighted by Crippen LogP contribution is -2.52. The molecule has 172 valence electrons. The van der Waals surface area contributed by atoms with Crippen LogP contribution in [0.2, 0.25) is 0 Å². The Labute approximate surface area is 190 Å². The molecule has 0 spiro atoms. The number of benzene rings is 1. The second-order valence-electron chi connectivity index (χ2n) is 11.2. The molecule has 1 aromatic rings. The molecule has 0 saturated heterocycles. The zero-order valence-corrected chi connectivity index (χ0v) is 19.4. The molecule has 4 atom stereocenters. The van der Waals surface area contributed by atoms with Crippen molar-refractivity contribution in [2.75, 3.05) is 0 Å². The summed E-state index contributed by atoms with van der Waals surface area (Å²) in [6, 6.07) is 9.05. The van der Waals surface area contributed by atoms with Crippen LogP contribution in [0.1, 0.15) is 88.1 Å². The maximum absolute atomic E-state index is 13.1.